The molecule has 0 radical (unpaired) electrons. The van der Waals surface area contributed by atoms with Gasteiger partial charge in [0.1, 0.15) is 0 Å². The molecule has 6 heteroatoms. The van der Waals surface area contributed by atoms with E-state index in [1.54, 1.807) is 29.2 Å². The Morgan fingerprint density at radius 3 is 2.35 bits per heavy atom. The monoisotopic (exact) mass is 435 g/mol. The van der Waals surface area contributed by atoms with Crippen molar-refractivity contribution in [3.8, 4) is 0 Å². The number of benzene rings is 2. The number of halogens is 1. The fourth-order valence-corrected chi connectivity index (χ4v) is 5.61. The minimum absolute atomic E-state index is 0.00793. The van der Waals surface area contributed by atoms with Crippen LogP contribution in [0, 0.1) is 18.8 Å². The molecule has 1 heterocycles. The zero-order valence-corrected chi connectivity index (χ0v) is 17.0. The van der Waals surface area contributed by atoms with Crippen LogP contribution in [0.2, 0.25) is 0 Å². The van der Waals surface area contributed by atoms with Gasteiger partial charge in [0, 0.05) is 18.4 Å². The molecule has 138 valence electrons. The maximum absolute atomic E-state index is 12.9. The number of amides is 1. The van der Waals surface area contributed by atoms with Crippen molar-refractivity contribution in [3.63, 3.8) is 0 Å². The third kappa shape index (κ3) is 4.18. The summed E-state index contributed by atoms with van der Waals surface area (Å²) in [5, 5.41) is 0.609. The Balaban J connectivity index is 1.77. The van der Waals surface area contributed by atoms with Gasteiger partial charge < -0.3 is 4.90 Å². The van der Waals surface area contributed by atoms with Crippen LogP contribution in [0.4, 0.5) is 0 Å². The zero-order valence-electron chi connectivity index (χ0n) is 14.6. The number of hydrogen-bond acceptors (Lipinski definition) is 3. The largest absolute Gasteiger partial charge is 0.338 e. The molecule has 0 saturated carbocycles. The number of aryl methyl sites for hydroxylation is 1. The average molecular weight is 436 g/mol. The lowest BCUT2D eigenvalue weighted by Gasteiger charge is -2.17. The van der Waals surface area contributed by atoms with Gasteiger partial charge >= 0.3 is 0 Å². The van der Waals surface area contributed by atoms with Crippen molar-refractivity contribution in [2.24, 2.45) is 11.8 Å². The van der Waals surface area contributed by atoms with Gasteiger partial charge in [-0.15, -0.1) is 0 Å². The summed E-state index contributed by atoms with van der Waals surface area (Å²) < 4.78 is 25.6. The normalized spacial score (nSPS) is 20.5. The highest BCUT2D eigenvalue weighted by molar-refractivity contribution is 9.09. The van der Waals surface area contributed by atoms with Gasteiger partial charge in [-0.25, -0.2) is 8.42 Å². The lowest BCUT2D eigenvalue weighted by molar-refractivity contribution is -0.131. The van der Waals surface area contributed by atoms with Gasteiger partial charge in [-0.2, -0.15) is 0 Å². The molecule has 0 bridgehead atoms. The molecule has 1 amide bonds. The van der Waals surface area contributed by atoms with Crippen LogP contribution in [0.25, 0.3) is 0 Å². The zero-order chi connectivity index (χ0) is 18.7. The van der Waals surface area contributed by atoms with E-state index >= 15 is 0 Å². The smallest absolute Gasteiger partial charge is 0.227 e. The second-order valence-electron chi connectivity index (χ2n) is 6.82. The van der Waals surface area contributed by atoms with Crippen molar-refractivity contribution < 1.29 is 13.2 Å². The minimum atomic E-state index is -3.50. The Morgan fingerprint density at radius 2 is 1.73 bits per heavy atom. The molecule has 1 fully saturated rings. The molecule has 0 aromatic heterocycles. The molecular weight excluding hydrogens is 414 g/mol. The van der Waals surface area contributed by atoms with Crippen molar-refractivity contribution in [3.05, 3.63) is 65.7 Å². The van der Waals surface area contributed by atoms with E-state index in [2.05, 4.69) is 15.9 Å². The third-order valence-corrected chi connectivity index (χ3v) is 7.47. The van der Waals surface area contributed by atoms with Crippen LogP contribution in [-0.4, -0.2) is 36.9 Å². The molecule has 0 spiro atoms. The minimum Gasteiger partial charge on any atom is -0.338 e. The van der Waals surface area contributed by atoms with Crippen molar-refractivity contribution in [1.29, 1.82) is 0 Å². The fraction of sp³-hybridized carbons (Fsp3) is 0.350. The first-order valence-electron chi connectivity index (χ1n) is 8.59. The Labute approximate surface area is 163 Å². The van der Waals surface area contributed by atoms with Gasteiger partial charge in [-0.1, -0.05) is 64.0 Å². The van der Waals surface area contributed by atoms with Gasteiger partial charge in [0.2, 0.25) is 5.91 Å². The molecule has 1 saturated heterocycles. The van der Waals surface area contributed by atoms with Crippen molar-refractivity contribution in [2.75, 3.05) is 17.6 Å². The molecule has 0 N–H and O–H groups in total. The summed E-state index contributed by atoms with van der Waals surface area (Å²) in [5.41, 5.74) is 2.06. The van der Waals surface area contributed by atoms with Gasteiger partial charge in [0.05, 0.1) is 16.6 Å². The fourth-order valence-electron chi connectivity index (χ4n) is 3.32. The number of carbonyl (C=O) groups excluding carboxylic acids is 1. The predicted molar refractivity (Wildman–Crippen MR) is 106 cm³/mol. The van der Waals surface area contributed by atoms with Crippen LogP contribution in [0.1, 0.15) is 11.1 Å². The number of likely N-dealkylation sites (tertiary alicyclic amines) is 1. The van der Waals surface area contributed by atoms with Crippen molar-refractivity contribution in [1.82, 2.24) is 4.90 Å². The van der Waals surface area contributed by atoms with E-state index in [0.29, 0.717) is 18.4 Å². The van der Waals surface area contributed by atoms with Gasteiger partial charge in [0.15, 0.2) is 9.84 Å². The molecule has 4 nitrogen and oxygen atoms in total. The first-order valence-corrected chi connectivity index (χ1v) is 11.4. The topological polar surface area (TPSA) is 54.5 Å². The number of nitrogens with zero attached hydrogens (tertiary/aromatic N) is 1. The van der Waals surface area contributed by atoms with Crippen molar-refractivity contribution in [2.45, 2.75) is 18.4 Å². The predicted octanol–water partition coefficient (Wildman–Crippen LogP) is 3.44. The van der Waals surface area contributed by atoms with E-state index in [0.717, 1.165) is 11.1 Å². The first kappa shape index (κ1) is 19.1. The third-order valence-electron chi connectivity index (χ3n) is 4.85. The molecule has 3 rings (SSSR count). The summed E-state index contributed by atoms with van der Waals surface area (Å²) in [4.78, 5) is 14.9. The van der Waals surface area contributed by atoms with Crippen LogP contribution in [0.3, 0.4) is 0 Å². The Morgan fingerprint density at radius 1 is 1.08 bits per heavy atom. The number of alkyl halides is 1. The second-order valence-corrected chi connectivity index (χ2v) is 9.50. The Bertz CT molecular complexity index is 866. The molecule has 2 atom stereocenters. The average Bonchev–Trinajstić information content (AvgIpc) is 2.91. The number of sulfone groups is 1. The SMILES string of the molecule is Cc1ccc(S(=O)(=O)CC2C(=O)N(Cc3ccccc3)CC2CBr)cc1. The molecule has 2 aromatic rings. The highest BCUT2D eigenvalue weighted by Gasteiger charge is 2.42. The van der Waals surface area contributed by atoms with E-state index in [9.17, 15) is 13.2 Å². The Kier molecular flexibility index (Phi) is 5.82. The lowest BCUT2D eigenvalue weighted by atomic mass is 10.00. The van der Waals surface area contributed by atoms with Crippen LogP contribution >= 0.6 is 15.9 Å². The Hall–Kier alpha value is -1.66. The van der Waals surface area contributed by atoms with Crippen molar-refractivity contribution >= 4 is 31.7 Å². The summed E-state index contributed by atoms with van der Waals surface area (Å²) in [6.07, 6.45) is 0. The molecule has 26 heavy (non-hydrogen) atoms. The number of hydrogen-bond donors (Lipinski definition) is 0. The molecular formula is C20H22BrNO3S. The maximum Gasteiger partial charge on any atom is 0.227 e. The molecule has 2 aromatic carbocycles. The van der Waals surface area contributed by atoms with Crippen LogP contribution in [-0.2, 0) is 21.2 Å². The van der Waals surface area contributed by atoms with E-state index < -0.39 is 15.8 Å². The van der Waals surface area contributed by atoms with E-state index in [4.69, 9.17) is 0 Å². The summed E-state index contributed by atoms with van der Waals surface area (Å²) >= 11 is 3.46. The lowest BCUT2D eigenvalue weighted by Crippen LogP contribution is -2.30. The van der Waals surface area contributed by atoms with E-state index in [1.165, 1.54) is 0 Å². The quantitative estimate of drug-likeness (QED) is 0.652. The molecule has 1 aliphatic heterocycles. The molecule has 2 unspecified atom stereocenters. The van der Waals surface area contributed by atoms with Crippen LogP contribution < -0.4 is 0 Å². The first-order chi connectivity index (χ1) is 12.4. The molecule has 0 aliphatic carbocycles. The van der Waals surface area contributed by atoms with E-state index in [1.807, 2.05) is 37.3 Å². The maximum atomic E-state index is 12.9. The number of rotatable bonds is 6. The standard InChI is InChI=1S/C20H22BrNO3S/c1-15-7-9-18(10-8-15)26(24,25)14-19-17(11-21)13-22(20(19)23)12-16-5-3-2-4-6-16/h2-10,17,19H,11-14H2,1H3. The van der Waals surface area contributed by atoms with Crippen LogP contribution in [0.15, 0.2) is 59.5 Å². The van der Waals surface area contributed by atoms with Gasteiger partial charge in [0.25, 0.3) is 0 Å². The van der Waals surface area contributed by atoms with Gasteiger partial charge in [-0.05, 0) is 30.5 Å². The van der Waals surface area contributed by atoms with E-state index in [-0.39, 0.29) is 22.5 Å². The van der Waals surface area contributed by atoms with Gasteiger partial charge in [-0.3, -0.25) is 4.79 Å². The summed E-state index contributed by atoms with van der Waals surface area (Å²) in [6.45, 7) is 3.01. The highest BCUT2D eigenvalue weighted by Crippen LogP contribution is 2.30. The molecule has 1 aliphatic rings. The van der Waals surface area contributed by atoms with Crippen LogP contribution in [0.5, 0.6) is 0 Å². The second kappa shape index (κ2) is 7.92. The summed E-state index contributed by atoms with van der Waals surface area (Å²) in [7, 11) is -3.50. The summed E-state index contributed by atoms with van der Waals surface area (Å²) in [5.74, 6) is -0.735. The number of carbonyl (C=O) groups is 1. The highest BCUT2D eigenvalue weighted by atomic mass is 79.9. The summed E-state index contributed by atoms with van der Waals surface area (Å²) in [6, 6.07) is 16.6.